The van der Waals surface area contributed by atoms with Crippen LogP contribution in [0.2, 0.25) is 0 Å². The van der Waals surface area contributed by atoms with Gasteiger partial charge in [-0.25, -0.2) is 0 Å². The Morgan fingerprint density at radius 2 is 0.378 bits per heavy atom. The second-order valence-electron chi connectivity index (χ2n) is 33.0. The molecule has 0 aliphatic carbocycles. The first kappa shape index (κ1) is 76.6. The first-order chi connectivity index (χ1) is 57.8. The van der Waals surface area contributed by atoms with E-state index >= 15 is 0 Å². The van der Waals surface area contributed by atoms with Crippen molar-refractivity contribution in [3.8, 4) is 17.2 Å². The molecule has 0 heterocycles. The van der Waals surface area contributed by atoms with E-state index in [0.717, 1.165) is 135 Å². The Morgan fingerprint density at radius 1 is 0.193 bits per heavy atom. The predicted octanol–water partition coefficient (Wildman–Crippen LogP) is 30.8. The van der Waals surface area contributed by atoms with E-state index in [1.165, 1.54) is 98.0 Å². The van der Waals surface area contributed by atoms with Crippen LogP contribution >= 0.6 is 0 Å². The Labute approximate surface area is 700 Å². The average Bonchev–Trinajstić information content (AvgIpc) is 0.734. The highest BCUT2D eigenvalue weighted by Gasteiger charge is 2.35. The summed E-state index contributed by atoms with van der Waals surface area (Å²) in [6.07, 6.45) is 0. The third-order valence-electron chi connectivity index (χ3n) is 24.9. The summed E-state index contributed by atoms with van der Waals surface area (Å²) in [5.74, 6) is 2.62. The number of ether oxygens (including phenoxy) is 3. The van der Waals surface area contributed by atoms with Crippen molar-refractivity contribution in [3.63, 3.8) is 0 Å². The van der Waals surface area contributed by atoms with Crippen LogP contribution in [0.5, 0.6) is 17.2 Å². The molecule has 0 bridgehead atoms. The Hall–Kier alpha value is -13.7. The van der Waals surface area contributed by atoms with Gasteiger partial charge < -0.3 is 28.9 Å². The van der Waals surface area contributed by atoms with Gasteiger partial charge in [0, 0.05) is 54.8 Å². The molecule has 0 atom stereocenters. The number of hydrogen-bond acceptors (Lipinski definition) is 6. The molecule has 0 spiro atoms. The molecule has 18 aromatic rings. The quantitative estimate of drug-likeness (QED) is 0.0668. The molecule has 0 saturated carbocycles. The Kier molecular flexibility index (Phi) is 20.4. The summed E-state index contributed by atoms with van der Waals surface area (Å²) in [5.41, 5.74) is 29.7. The van der Waals surface area contributed by atoms with Gasteiger partial charge in [0.2, 0.25) is 0 Å². The molecule has 0 N–H and O–H groups in total. The maximum Gasteiger partial charge on any atom is 0.125 e. The Balaban J connectivity index is 0.693. The van der Waals surface area contributed by atoms with Gasteiger partial charge in [-0.2, -0.15) is 0 Å². The first-order valence-electron chi connectivity index (χ1n) is 41.7. The molecular formula is C113H99N3O3. The molecule has 0 aliphatic rings. The van der Waals surface area contributed by atoms with Gasteiger partial charge in [0.05, 0.1) is 34.1 Å². The molecule has 6 heteroatoms. The molecule has 0 radical (unpaired) electrons. The number of fused-ring (bicyclic) bond motifs is 6. The molecule has 0 aliphatic heterocycles. The van der Waals surface area contributed by atoms with Crippen LogP contribution in [-0.2, 0) is 25.2 Å². The summed E-state index contributed by atoms with van der Waals surface area (Å²) >= 11 is 0. The molecule has 0 aromatic heterocycles. The molecule has 0 amide bonds. The summed E-state index contributed by atoms with van der Waals surface area (Å²) in [6, 6.07) is 121. The number of nitrogens with zero attached hydrogens (tertiary/aromatic N) is 3. The summed E-state index contributed by atoms with van der Waals surface area (Å²) in [4.78, 5) is 7.31. The lowest BCUT2D eigenvalue weighted by atomic mass is 9.69. The minimum absolute atomic E-state index is 0.371. The van der Waals surface area contributed by atoms with Crippen molar-refractivity contribution in [3.05, 3.63) is 428 Å². The van der Waals surface area contributed by atoms with E-state index in [-0.39, 0.29) is 0 Å². The van der Waals surface area contributed by atoms with Crippen LogP contribution < -0.4 is 28.9 Å². The summed E-state index contributed by atoms with van der Waals surface area (Å²) in [6.45, 7) is 29.9. The van der Waals surface area contributed by atoms with Crippen LogP contribution in [0.15, 0.2) is 328 Å². The maximum atomic E-state index is 7.14. The molecule has 0 fully saturated rings. The van der Waals surface area contributed by atoms with Gasteiger partial charge in [-0.1, -0.05) is 255 Å². The highest BCUT2D eigenvalue weighted by atomic mass is 16.5. The normalized spacial score (nSPS) is 11.7. The van der Waals surface area contributed by atoms with Crippen LogP contribution in [-0.4, -0.2) is 0 Å². The molecule has 0 unspecified atom stereocenters. The maximum absolute atomic E-state index is 7.14. The minimum Gasteiger partial charge on any atom is -0.488 e. The van der Waals surface area contributed by atoms with Gasteiger partial charge in [-0.3, -0.25) is 0 Å². The summed E-state index contributed by atoms with van der Waals surface area (Å²) in [5, 5.41) is 14.6. The first-order valence-corrected chi connectivity index (χ1v) is 41.7. The van der Waals surface area contributed by atoms with Crippen molar-refractivity contribution in [1.29, 1.82) is 0 Å². The van der Waals surface area contributed by atoms with Gasteiger partial charge in [0.15, 0.2) is 0 Å². The lowest BCUT2D eigenvalue weighted by molar-refractivity contribution is 0.301. The van der Waals surface area contributed by atoms with Gasteiger partial charge in [0.25, 0.3) is 0 Å². The second-order valence-corrected chi connectivity index (χ2v) is 33.0. The number of hydrogen-bond donors (Lipinski definition) is 0. The van der Waals surface area contributed by atoms with Gasteiger partial charge in [-0.05, 0) is 295 Å². The number of benzene rings is 18. The van der Waals surface area contributed by atoms with E-state index in [1.54, 1.807) is 0 Å². The fraction of sp³-hybridized carbons (Fsp3) is 0.150. The van der Waals surface area contributed by atoms with Gasteiger partial charge in [-0.15, -0.1) is 0 Å². The second kappa shape index (κ2) is 31.7. The molecule has 18 rings (SSSR count). The van der Waals surface area contributed by atoms with Crippen molar-refractivity contribution in [2.75, 3.05) is 14.7 Å². The van der Waals surface area contributed by atoms with Crippen molar-refractivity contribution in [2.45, 2.75) is 115 Å². The molecule has 6 nitrogen and oxygen atoms in total. The number of rotatable bonds is 21. The number of aryl methyl sites for hydroxylation is 12. The van der Waals surface area contributed by atoms with Gasteiger partial charge in [0.1, 0.15) is 37.1 Å². The standard InChI is InChI=1S/C113H99N3O3/c1-71-47-53-104(98-41-20-14-35-92(71)98)114(105-54-48-72(2)93-36-15-21-42-99(93)105)89-32-26-29-83(65-89)68-117-110-77(7)59-86(60-78(110)8)113(13,87-61-79(9)111(80(10)62-87)118-69-84-30-27-33-90(66-84)115(106-55-49-73(3)94-37-16-22-43-100(94)106)107-56-50-74(4)95-38-17-23-44-101(95)107)88-63-81(11)112(82(12)64-88)119-70-85-31-28-34-91(67-85)116(108-57-51-75(5)96-39-18-24-45-102(96)108)109-58-52-76(6)97-40-19-25-46-103(97)109/h14-67H,68-70H2,1-13H3. The third kappa shape index (κ3) is 14.2. The molecule has 119 heavy (non-hydrogen) atoms. The molecule has 0 saturated heterocycles. The Bertz CT molecular complexity index is 6040. The van der Waals surface area contributed by atoms with Gasteiger partial charge >= 0.3 is 0 Å². The van der Waals surface area contributed by atoms with Crippen molar-refractivity contribution in [2.24, 2.45) is 0 Å². The minimum atomic E-state index is -0.690. The van der Waals surface area contributed by atoms with Crippen LogP contribution in [0, 0.1) is 83.1 Å². The molecule has 18 aromatic carbocycles. The van der Waals surface area contributed by atoms with E-state index in [0.29, 0.717) is 19.8 Å². The van der Waals surface area contributed by atoms with Crippen molar-refractivity contribution in [1.82, 2.24) is 0 Å². The Morgan fingerprint density at radius 3 is 0.571 bits per heavy atom. The van der Waals surface area contributed by atoms with E-state index in [1.807, 2.05) is 0 Å². The highest BCUT2D eigenvalue weighted by Crippen LogP contribution is 2.51. The van der Waals surface area contributed by atoms with Crippen molar-refractivity contribution < 1.29 is 14.2 Å². The number of anilines is 9. The fourth-order valence-electron chi connectivity index (χ4n) is 18.7. The van der Waals surface area contributed by atoms with Crippen LogP contribution in [0.3, 0.4) is 0 Å². The van der Waals surface area contributed by atoms with Crippen LogP contribution in [0.25, 0.3) is 64.6 Å². The summed E-state index contributed by atoms with van der Waals surface area (Å²) in [7, 11) is 0. The lowest BCUT2D eigenvalue weighted by Crippen LogP contribution is -2.27. The van der Waals surface area contributed by atoms with E-state index in [4.69, 9.17) is 14.2 Å². The average molecular weight is 1550 g/mol. The zero-order valence-corrected chi connectivity index (χ0v) is 70.4. The molecule has 584 valence electrons. The SMILES string of the molecule is Cc1cc(C(C)(c2cc(C)c(OCc3cccc(N(c4ccc(C)c5ccccc45)c4ccc(C)c5ccccc45)c3)c(C)c2)c2cc(C)c(OCc3cccc(N(c4ccc(C)c5ccccc45)c4ccc(C)c5ccccc45)c3)c(C)c2)cc(C)c1OCc1cccc(N(c2ccc(C)c3ccccc23)c2ccc(C)c3ccccc23)c1. The van der Waals surface area contributed by atoms with E-state index in [2.05, 4.69) is 432 Å². The van der Waals surface area contributed by atoms with E-state index in [9.17, 15) is 0 Å². The van der Waals surface area contributed by atoms with Crippen LogP contribution in [0.4, 0.5) is 51.2 Å². The van der Waals surface area contributed by atoms with E-state index < -0.39 is 5.41 Å². The van der Waals surface area contributed by atoms with Crippen molar-refractivity contribution >= 4 is 116 Å². The monoisotopic (exact) mass is 1550 g/mol. The zero-order valence-electron chi connectivity index (χ0n) is 70.4. The van der Waals surface area contributed by atoms with Crippen LogP contribution in [0.1, 0.15) is 107 Å². The lowest BCUT2D eigenvalue weighted by Gasteiger charge is -2.35. The third-order valence-corrected chi connectivity index (χ3v) is 24.9. The smallest absolute Gasteiger partial charge is 0.125 e. The summed E-state index contributed by atoms with van der Waals surface area (Å²) < 4.78 is 21.4. The molecular weight excluding hydrogens is 1450 g/mol. The highest BCUT2D eigenvalue weighted by molar-refractivity contribution is 6.10. The fourth-order valence-corrected chi connectivity index (χ4v) is 18.7. The topological polar surface area (TPSA) is 37.4 Å². The zero-order chi connectivity index (χ0) is 81.9. The largest absolute Gasteiger partial charge is 0.488 e. The predicted molar refractivity (Wildman–Crippen MR) is 503 cm³/mol.